The summed E-state index contributed by atoms with van der Waals surface area (Å²) in [7, 11) is 0. The molecule has 0 heterocycles. The molecule has 0 saturated carbocycles. The van der Waals surface area contributed by atoms with E-state index in [2.05, 4.69) is 0 Å². The van der Waals surface area contributed by atoms with Gasteiger partial charge in [-0.05, 0) is 13.3 Å². The SMILES string of the molecule is CCCC(CC#N)C(C)F. The lowest BCUT2D eigenvalue weighted by atomic mass is 9.96. The van der Waals surface area contributed by atoms with Crippen LogP contribution in [0.3, 0.4) is 0 Å². The van der Waals surface area contributed by atoms with Gasteiger partial charge in [-0.25, -0.2) is 4.39 Å². The lowest BCUT2D eigenvalue weighted by Crippen LogP contribution is -2.11. The minimum atomic E-state index is -0.834. The van der Waals surface area contributed by atoms with Crippen molar-refractivity contribution in [3.63, 3.8) is 0 Å². The zero-order valence-electron chi connectivity index (χ0n) is 6.60. The molecule has 0 rings (SSSR count). The van der Waals surface area contributed by atoms with Crippen LogP contribution >= 0.6 is 0 Å². The Morgan fingerprint density at radius 2 is 2.20 bits per heavy atom. The molecule has 0 spiro atoms. The van der Waals surface area contributed by atoms with E-state index in [0.717, 1.165) is 12.8 Å². The van der Waals surface area contributed by atoms with Gasteiger partial charge in [0.2, 0.25) is 0 Å². The second-order valence-electron chi connectivity index (χ2n) is 2.59. The van der Waals surface area contributed by atoms with Gasteiger partial charge >= 0.3 is 0 Å². The van der Waals surface area contributed by atoms with Crippen LogP contribution in [0.15, 0.2) is 0 Å². The van der Waals surface area contributed by atoms with Gasteiger partial charge < -0.3 is 0 Å². The molecule has 0 N–H and O–H groups in total. The van der Waals surface area contributed by atoms with Crippen molar-refractivity contribution in [2.24, 2.45) is 5.92 Å². The highest BCUT2D eigenvalue weighted by molar-refractivity contribution is 4.78. The summed E-state index contributed by atoms with van der Waals surface area (Å²) in [5.41, 5.74) is 0. The Labute approximate surface area is 61.9 Å². The van der Waals surface area contributed by atoms with Gasteiger partial charge in [0.05, 0.1) is 6.07 Å². The first-order valence-electron chi connectivity index (χ1n) is 3.73. The van der Waals surface area contributed by atoms with Crippen LogP contribution in [0.4, 0.5) is 4.39 Å². The first-order valence-corrected chi connectivity index (χ1v) is 3.73. The largest absolute Gasteiger partial charge is 0.247 e. The highest BCUT2D eigenvalue weighted by Crippen LogP contribution is 2.17. The second kappa shape index (κ2) is 5.22. The molecule has 2 unspecified atom stereocenters. The van der Waals surface area contributed by atoms with Gasteiger partial charge in [0.15, 0.2) is 0 Å². The molecular formula is C8H14FN. The standard InChI is InChI=1S/C8H14FN/c1-3-4-8(5-6-10)7(2)9/h7-8H,3-5H2,1-2H3. The molecule has 0 aromatic heterocycles. The van der Waals surface area contributed by atoms with Crippen LogP contribution in [-0.2, 0) is 0 Å². The Balaban J connectivity index is 3.63. The third kappa shape index (κ3) is 3.45. The van der Waals surface area contributed by atoms with Gasteiger partial charge in [-0.15, -0.1) is 0 Å². The van der Waals surface area contributed by atoms with Crippen molar-refractivity contribution in [1.29, 1.82) is 5.26 Å². The normalized spacial score (nSPS) is 15.8. The molecule has 1 nitrogen and oxygen atoms in total. The van der Waals surface area contributed by atoms with Crippen molar-refractivity contribution >= 4 is 0 Å². The smallest absolute Gasteiger partial charge is 0.101 e. The van der Waals surface area contributed by atoms with Crippen LogP contribution in [-0.4, -0.2) is 6.17 Å². The maximum absolute atomic E-state index is 12.6. The Hall–Kier alpha value is -0.580. The van der Waals surface area contributed by atoms with Gasteiger partial charge in [-0.2, -0.15) is 5.26 Å². The summed E-state index contributed by atoms with van der Waals surface area (Å²) >= 11 is 0. The molecule has 0 radical (unpaired) electrons. The van der Waals surface area contributed by atoms with Crippen LogP contribution in [0, 0.1) is 17.2 Å². The Morgan fingerprint density at radius 3 is 2.50 bits per heavy atom. The first kappa shape index (κ1) is 9.42. The van der Waals surface area contributed by atoms with E-state index >= 15 is 0 Å². The quantitative estimate of drug-likeness (QED) is 0.593. The van der Waals surface area contributed by atoms with Gasteiger partial charge in [-0.1, -0.05) is 13.3 Å². The number of nitrogens with zero attached hydrogens (tertiary/aromatic N) is 1. The van der Waals surface area contributed by atoms with Gasteiger partial charge in [0, 0.05) is 12.3 Å². The fourth-order valence-corrected chi connectivity index (χ4v) is 0.982. The fraction of sp³-hybridized carbons (Fsp3) is 0.875. The molecule has 0 aromatic carbocycles. The van der Waals surface area contributed by atoms with Crippen molar-refractivity contribution in [1.82, 2.24) is 0 Å². The van der Waals surface area contributed by atoms with Crippen molar-refractivity contribution in [2.45, 2.75) is 39.3 Å². The zero-order chi connectivity index (χ0) is 7.98. The molecule has 0 aromatic rings. The summed E-state index contributed by atoms with van der Waals surface area (Å²) in [5, 5.41) is 8.30. The molecule has 0 fully saturated rings. The number of rotatable bonds is 4. The van der Waals surface area contributed by atoms with E-state index in [1.807, 2.05) is 13.0 Å². The predicted octanol–water partition coefficient (Wildman–Crippen LogP) is 2.67. The van der Waals surface area contributed by atoms with E-state index in [0.29, 0.717) is 6.42 Å². The third-order valence-corrected chi connectivity index (χ3v) is 1.66. The number of halogens is 1. The van der Waals surface area contributed by atoms with Crippen LogP contribution in [0.25, 0.3) is 0 Å². The minimum Gasteiger partial charge on any atom is -0.247 e. The molecule has 58 valence electrons. The number of hydrogen-bond acceptors (Lipinski definition) is 1. The van der Waals surface area contributed by atoms with Crippen LogP contribution in [0.5, 0.6) is 0 Å². The lowest BCUT2D eigenvalue weighted by molar-refractivity contribution is 0.238. The third-order valence-electron chi connectivity index (χ3n) is 1.66. The molecule has 0 bridgehead atoms. The average molecular weight is 143 g/mol. The highest BCUT2D eigenvalue weighted by atomic mass is 19.1. The van der Waals surface area contributed by atoms with E-state index in [1.165, 1.54) is 6.92 Å². The monoisotopic (exact) mass is 143 g/mol. The summed E-state index contributed by atoms with van der Waals surface area (Å²) in [6.07, 6.45) is 1.30. The van der Waals surface area contributed by atoms with E-state index in [-0.39, 0.29) is 5.92 Å². The molecule has 0 aliphatic heterocycles. The Morgan fingerprint density at radius 1 is 1.60 bits per heavy atom. The summed E-state index contributed by atoms with van der Waals surface area (Å²) in [6.45, 7) is 3.53. The summed E-state index contributed by atoms with van der Waals surface area (Å²) in [5.74, 6) is -0.0463. The van der Waals surface area contributed by atoms with E-state index in [9.17, 15) is 4.39 Å². The maximum Gasteiger partial charge on any atom is 0.101 e. The Bertz CT molecular complexity index is 115. The zero-order valence-corrected chi connectivity index (χ0v) is 6.60. The Kier molecular flexibility index (Phi) is 4.92. The summed E-state index contributed by atoms with van der Waals surface area (Å²) < 4.78 is 12.6. The van der Waals surface area contributed by atoms with Crippen molar-refractivity contribution in [3.05, 3.63) is 0 Å². The van der Waals surface area contributed by atoms with E-state index < -0.39 is 6.17 Å². The average Bonchev–Trinajstić information content (AvgIpc) is 1.87. The molecule has 0 aliphatic rings. The summed E-state index contributed by atoms with van der Waals surface area (Å²) in [4.78, 5) is 0. The molecule has 0 saturated heterocycles. The molecule has 2 atom stereocenters. The molecule has 0 aliphatic carbocycles. The predicted molar refractivity (Wildman–Crippen MR) is 39.2 cm³/mol. The molecule has 2 heteroatoms. The van der Waals surface area contributed by atoms with Crippen molar-refractivity contribution in [3.8, 4) is 6.07 Å². The van der Waals surface area contributed by atoms with Crippen LogP contribution < -0.4 is 0 Å². The second-order valence-corrected chi connectivity index (χ2v) is 2.59. The number of alkyl halides is 1. The minimum absolute atomic E-state index is 0.0463. The van der Waals surface area contributed by atoms with E-state index in [1.54, 1.807) is 0 Å². The maximum atomic E-state index is 12.6. The first-order chi connectivity index (χ1) is 4.72. The van der Waals surface area contributed by atoms with Crippen molar-refractivity contribution < 1.29 is 4.39 Å². The molecular weight excluding hydrogens is 129 g/mol. The lowest BCUT2D eigenvalue weighted by Gasteiger charge is -2.12. The van der Waals surface area contributed by atoms with Gasteiger partial charge in [0.1, 0.15) is 6.17 Å². The van der Waals surface area contributed by atoms with Gasteiger partial charge in [0.25, 0.3) is 0 Å². The number of hydrogen-bond donors (Lipinski definition) is 0. The van der Waals surface area contributed by atoms with Gasteiger partial charge in [-0.3, -0.25) is 0 Å². The topological polar surface area (TPSA) is 23.8 Å². The molecule has 0 amide bonds. The van der Waals surface area contributed by atoms with Crippen molar-refractivity contribution in [2.75, 3.05) is 0 Å². The van der Waals surface area contributed by atoms with Crippen LogP contribution in [0.2, 0.25) is 0 Å². The number of nitriles is 1. The summed E-state index contributed by atoms with van der Waals surface area (Å²) in [6, 6.07) is 1.99. The molecule has 10 heavy (non-hydrogen) atoms. The fourth-order valence-electron chi connectivity index (χ4n) is 0.982. The van der Waals surface area contributed by atoms with E-state index in [4.69, 9.17) is 5.26 Å². The highest BCUT2D eigenvalue weighted by Gasteiger charge is 2.14. The van der Waals surface area contributed by atoms with Crippen LogP contribution in [0.1, 0.15) is 33.1 Å².